The van der Waals surface area contributed by atoms with Crippen LogP contribution in [0.4, 0.5) is 20.6 Å². The van der Waals surface area contributed by atoms with E-state index in [0.717, 1.165) is 26.3 Å². The molecule has 3 heterocycles. The van der Waals surface area contributed by atoms with Crippen LogP contribution in [0.3, 0.4) is 0 Å². The number of rotatable bonds is 4. The predicted octanol–water partition coefficient (Wildman–Crippen LogP) is 1.37. The quantitative estimate of drug-likeness (QED) is 0.875. The Morgan fingerprint density at radius 1 is 1.27 bits per heavy atom. The van der Waals surface area contributed by atoms with Crippen molar-refractivity contribution in [2.24, 2.45) is 11.8 Å². The van der Waals surface area contributed by atoms with Gasteiger partial charge in [0.15, 0.2) is 0 Å². The van der Waals surface area contributed by atoms with Crippen molar-refractivity contribution in [2.45, 2.75) is 13.0 Å². The number of nitrogens with zero attached hydrogens (tertiary/aromatic N) is 2. The number of nitrogens with one attached hydrogen (secondary N) is 1. The lowest BCUT2D eigenvalue weighted by Crippen LogP contribution is -2.33. The lowest BCUT2D eigenvalue weighted by molar-refractivity contribution is -0.119. The van der Waals surface area contributed by atoms with Gasteiger partial charge in [0.25, 0.3) is 0 Å². The maximum Gasteiger partial charge on any atom is 0.414 e. The second kappa shape index (κ2) is 6.75. The lowest BCUT2D eigenvalue weighted by Gasteiger charge is -2.22. The molecule has 0 aromatic heterocycles. The van der Waals surface area contributed by atoms with E-state index in [-0.39, 0.29) is 24.8 Å². The summed E-state index contributed by atoms with van der Waals surface area (Å²) >= 11 is 0. The number of ether oxygens (including phenoxy) is 2. The Bertz CT molecular complexity index is 716. The molecule has 3 aliphatic rings. The Balaban J connectivity index is 1.44. The third-order valence-corrected chi connectivity index (χ3v) is 5.28. The number of benzene rings is 1. The van der Waals surface area contributed by atoms with Crippen LogP contribution in [0.5, 0.6) is 0 Å². The van der Waals surface area contributed by atoms with Crippen LogP contribution in [-0.2, 0) is 14.3 Å². The third-order valence-electron chi connectivity index (χ3n) is 5.28. The van der Waals surface area contributed by atoms with Crippen LogP contribution in [0.25, 0.3) is 0 Å². The van der Waals surface area contributed by atoms with E-state index < -0.39 is 12.2 Å². The van der Waals surface area contributed by atoms with Crippen molar-refractivity contribution >= 4 is 23.4 Å². The molecule has 4 rings (SSSR count). The smallest absolute Gasteiger partial charge is 0.414 e. The predicted molar refractivity (Wildman–Crippen MR) is 92.7 cm³/mol. The molecule has 0 aliphatic carbocycles. The van der Waals surface area contributed by atoms with Gasteiger partial charge in [-0.1, -0.05) is 0 Å². The molecule has 140 valence electrons. The van der Waals surface area contributed by atoms with Gasteiger partial charge in [-0.3, -0.25) is 9.69 Å². The van der Waals surface area contributed by atoms with Crippen LogP contribution in [0.15, 0.2) is 18.2 Å². The fraction of sp³-hybridized carbons (Fsp3) is 0.556. The Kier molecular flexibility index (Phi) is 4.44. The first-order chi connectivity index (χ1) is 12.5. The highest BCUT2D eigenvalue weighted by Gasteiger charge is 2.38. The van der Waals surface area contributed by atoms with Crippen LogP contribution in [0, 0.1) is 17.7 Å². The SMILES string of the molecule is CC(=O)NC[C@H]1CN(c2ccc(N3C[C@H]4COC[C@H]4C3)c(F)c2)C(=O)O1. The first-order valence-corrected chi connectivity index (χ1v) is 8.86. The van der Waals surface area contributed by atoms with Gasteiger partial charge in [-0.15, -0.1) is 0 Å². The minimum atomic E-state index is -0.527. The summed E-state index contributed by atoms with van der Waals surface area (Å²) in [7, 11) is 0. The number of fused-ring (bicyclic) bond motifs is 1. The van der Waals surface area contributed by atoms with Gasteiger partial charge in [-0.05, 0) is 18.2 Å². The van der Waals surface area contributed by atoms with E-state index in [2.05, 4.69) is 10.2 Å². The number of cyclic esters (lactones) is 1. The van der Waals surface area contributed by atoms with E-state index in [9.17, 15) is 14.0 Å². The summed E-state index contributed by atoms with van der Waals surface area (Å²) in [5.41, 5.74) is 1.02. The molecule has 0 spiro atoms. The maximum absolute atomic E-state index is 14.7. The largest absolute Gasteiger partial charge is 0.442 e. The highest BCUT2D eigenvalue weighted by Crippen LogP contribution is 2.35. The van der Waals surface area contributed by atoms with Gasteiger partial charge in [0.05, 0.1) is 37.7 Å². The standard InChI is InChI=1S/C18H22FN3O4/c1-11(23)20-5-15-8-22(18(24)26-15)14-2-3-17(16(19)4-14)21-6-12-9-25-10-13(12)7-21/h2-4,12-13,15H,5-10H2,1H3,(H,20,23)/t12-,13+,15-/m0/s1. The molecule has 3 atom stereocenters. The van der Waals surface area contributed by atoms with Crippen molar-refractivity contribution in [3.8, 4) is 0 Å². The molecule has 2 amide bonds. The summed E-state index contributed by atoms with van der Waals surface area (Å²) in [6, 6.07) is 4.84. The molecule has 3 fully saturated rings. The molecule has 1 aromatic carbocycles. The first kappa shape index (κ1) is 17.1. The van der Waals surface area contributed by atoms with E-state index >= 15 is 0 Å². The van der Waals surface area contributed by atoms with Crippen LogP contribution in [0.1, 0.15) is 6.92 Å². The average molecular weight is 363 g/mol. The normalized spacial score (nSPS) is 27.6. The van der Waals surface area contributed by atoms with E-state index in [1.54, 1.807) is 12.1 Å². The number of amides is 2. The van der Waals surface area contributed by atoms with E-state index in [0.29, 0.717) is 23.2 Å². The molecule has 0 unspecified atom stereocenters. The second-order valence-corrected chi connectivity index (χ2v) is 7.15. The highest BCUT2D eigenvalue weighted by atomic mass is 19.1. The molecule has 0 radical (unpaired) electrons. The molecule has 0 bridgehead atoms. The van der Waals surface area contributed by atoms with Gasteiger partial charge < -0.3 is 19.7 Å². The van der Waals surface area contributed by atoms with Gasteiger partial charge >= 0.3 is 6.09 Å². The monoisotopic (exact) mass is 363 g/mol. The number of hydrogen-bond donors (Lipinski definition) is 1. The average Bonchev–Trinajstić information content (AvgIpc) is 3.27. The van der Waals surface area contributed by atoms with Crippen molar-refractivity contribution < 1.29 is 23.5 Å². The van der Waals surface area contributed by atoms with Crippen LogP contribution in [-0.4, -0.2) is 57.5 Å². The molecule has 26 heavy (non-hydrogen) atoms. The van der Waals surface area contributed by atoms with Crippen molar-refractivity contribution in [1.29, 1.82) is 0 Å². The third kappa shape index (κ3) is 3.21. The lowest BCUT2D eigenvalue weighted by atomic mass is 10.0. The molecule has 0 saturated carbocycles. The van der Waals surface area contributed by atoms with Crippen molar-refractivity contribution in [3.05, 3.63) is 24.0 Å². The summed E-state index contributed by atoms with van der Waals surface area (Å²) in [6.07, 6.45) is -0.965. The number of carbonyl (C=O) groups excluding carboxylic acids is 2. The maximum atomic E-state index is 14.7. The van der Waals surface area contributed by atoms with Crippen LogP contribution < -0.4 is 15.1 Å². The summed E-state index contributed by atoms with van der Waals surface area (Å²) in [5, 5.41) is 2.62. The van der Waals surface area contributed by atoms with Crippen LogP contribution in [0.2, 0.25) is 0 Å². The van der Waals surface area contributed by atoms with Crippen molar-refractivity contribution in [3.63, 3.8) is 0 Å². The topological polar surface area (TPSA) is 71.1 Å². The molecule has 7 nitrogen and oxygen atoms in total. The molecular weight excluding hydrogens is 341 g/mol. The summed E-state index contributed by atoms with van der Waals surface area (Å²) < 4.78 is 25.4. The number of hydrogen-bond acceptors (Lipinski definition) is 5. The van der Waals surface area contributed by atoms with E-state index in [1.165, 1.54) is 17.9 Å². The Labute approximate surface area is 151 Å². The number of halogens is 1. The fourth-order valence-electron chi connectivity index (χ4n) is 3.90. The van der Waals surface area contributed by atoms with Gasteiger partial charge in [-0.2, -0.15) is 0 Å². The second-order valence-electron chi connectivity index (χ2n) is 7.15. The number of anilines is 2. The van der Waals surface area contributed by atoms with Gasteiger partial charge in [0.2, 0.25) is 5.91 Å². The zero-order valence-electron chi connectivity index (χ0n) is 14.6. The van der Waals surface area contributed by atoms with E-state index in [4.69, 9.17) is 9.47 Å². The van der Waals surface area contributed by atoms with Crippen molar-refractivity contribution in [2.75, 3.05) is 49.2 Å². The van der Waals surface area contributed by atoms with Gasteiger partial charge in [-0.25, -0.2) is 9.18 Å². The summed E-state index contributed by atoms with van der Waals surface area (Å²) in [6.45, 7) is 5.02. The van der Waals surface area contributed by atoms with E-state index in [1.807, 2.05) is 0 Å². The Morgan fingerprint density at radius 3 is 2.65 bits per heavy atom. The minimum Gasteiger partial charge on any atom is -0.442 e. The van der Waals surface area contributed by atoms with Gasteiger partial charge in [0.1, 0.15) is 11.9 Å². The Hall–Kier alpha value is -2.35. The van der Waals surface area contributed by atoms with Gasteiger partial charge in [0, 0.05) is 31.8 Å². The minimum absolute atomic E-state index is 0.185. The zero-order valence-corrected chi connectivity index (χ0v) is 14.6. The highest BCUT2D eigenvalue weighted by molar-refractivity contribution is 5.90. The van der Waals surface area contributed by atoms with Crippen LogP contribution >= 0.6 is 0 Å². The Morgan fingerprint density at radius 2 is 2.00 bits per heavy atom. The molecule has 8 heteroatoms. The molecule has 3 aliphatic heterocycles. The zero-order chi connectivity index (χ0) is 18.3. The summed E-state index contributed by atoms with van der Waals surface area (Å²) in [5.74, 6) is 0.409. The molecular formula is C18H22FN3O4. The first-order valence-electron chi connectivity index (χ1n) is 8.86. The fourth-order valence-corrected chi connectivity index (χ4v) is 3.90. The molecule has 3 saturated heterocycles. The summed E-state index contributed by atoms with van der Waals surface area (Å²) in [4.78, 5) is 26.5. The molecule has 1 aromatic rings. The van der Waals surface area contributed by atoms with Crippen molar-refractivity contribution in [1.82, 2.24) is 5.32 Å². The molecule has 1 N–H and O–H groups in total. The number of carbonyl (C=O) groups is 2.